The molecule has 4 heterocycles. The van der Waals surface area contributed by atoms with Gasteiger partial charge in [0, 0.05) is 60.7 Å². The largest absolute Gasteiger partial charge is 0.434 e. The fourth-order valence-corrected chi connectivity index (χ4v) is 4.87. The summed E-state index contributed by atoms with van der Waals surface area (Å²) in [5.41, 5.74) is 9.73. The minimum Gasteiger partial charge on any atom is -0.434 e. The van der Waals surface area contributed by atoms with Gasteiger partial charge in [-0.2, -0.15) is 24.1 Å². The number of rotatable bonds is 9. The van der Waals surface area contributed by atoms with Gasteiger partial charge in [-0.05, 0) is 12.1 Å². The number of carbonyl (C=O) groups is 1. The van der Waals surface area contributed by atoms with Gasteiger partial charge in [-0.3, -0.25) is 9.48 Å². The maximum atomic E-state index is 13.4. The van der Waals surface area contributed by atoms with Crippen molar-refractivity contribution in [1.82, 2.24) is 29.7 Å². The highest BCUT2D eigenvalue weighted by Crippen LogP contribution is 2.43. The first-order valence-corrected chi connectivity index (χ1v) is 12.4. The molecule has 1 amide bonds. The highest BCUT2D eigenvalue weighted by atomic mass is 32.2. The molecule has 1 aliphatic rings. The van der Waals surface area contributed by atoms with E-state index in [0.717, 1.165) is 10.6 Å². The summed E-state index contributed by atoms with van der Waals surface area (Å²) in [6.45, 7) is -2.30. The Morgan fingerprint density at radius 3 is 3.08 bits per heavy atom. The second-order valence-electron chi connectivity index (χ2n) is 8.02. The highest BCUT2D eigenvalue weighted by Gasteiger charge is 2.24. The fraction of sp³-hybridized carbons (Fsp3) is 0.217. The normalized spacial score (nSPS) is 13.2. The van der Waals surface area contributed by atoms with Crippen molar-refractivity contribution in [3.63, 3.8) is 0 Å². The molecule has 0 aliphatic carbocycles. The summed E-state index contributed by atoms with van der Waals surface area (Å²) in [5, 5.41) is 21.0. The first-order chi connectivity index (χ1) is 18.5. The number of allylic oxidation sites excluding steroid dienone is 1. The fourth-order valence-electron chi connectivity index (χ4n) is 3.96. The molecule has 1 aliphatic heterocycles. The Labute approximate surface area is 219 Å². The van der Waals surface area contributed by atoms with E-state index in [4.69, 9.17) is 10.3 Å². The maximum Gasteiger partial charge on any atom is 0.387 e. The molecule has 0 saturated heterocycles. The smallest absolute Gasteiger partial charge is 0.387 e. The number of alkyl halides is 2. The van der Waals surface area contributed by atoms with E-state index < -0.39 is 12.5 Å². The molecule has 0 atom stereocenters. The van der Waals surface area contributed by atoms with Gasteiger partial charge in [0.25, 0.3) is 5.91 Å². The molecule has 5 rings (SSSR count). The molecule has 0 bridgehead atoms. The molecule has 0 spiro atoms. The van der Waals surface area contributed by atoms with E-state index in [1.54, 1.807) is 43.3 Å². The van der Waals surface area contributed by atoms with Gasteiger partial charge in [0.1, 0.15) is 17.0 Å². The van der Waals surface area contributed by atoms with Crippen LogP contribution in [-0.2, 0) is 6.54 Å². The van der Waals surface area contributed by atoms with E-state index in [-0.39, 0.29) is 34.8 Å². The van der Waals surface area contributed by atoms with Crippen LogP contribution in [0.5, 0.6) is 5.75 Å². The summed E-state index contributed by atoms with van der Waals surface area (Å²) in [6, 6.07) is 4.90. The number of hydrogen-bond donors (Lipinski definition) is 4. The van der Waals surface area contributed by atoms with E-state index in [9.17, 15) is 13.6 Å². The van der Waals surface area contributed by atoms with Crippen LogP contribution in [0.1, 0.15) is 10.4 Å². The lowest BCUT2D eigenvalue weighted by Crippen LogP contribution is -2.13. The predicted molar refractivity (Wildman–Crippen MR) is 137 cm³/mol. The number of aromatic nitrogens is 5. The summed E-state index contributed by atoms with van der Waals surface area (Å²) in [7, 11) is 1.67. The Morgan fingerprint density at radius 2 is 2.29 bits per heavy atom. The molecule has 196 valence electrons. The molecule has 0 radical (unpaired) electrons. The van der Waals surface area contributed by atoms with Crippen molar-refractivity contribution in [3.05, 3.63) is 60.4 Å². The van der Waals surface area contributed by atoms with Crippen LogP contribution >= 0.6 is 11.8 Å². The van der Waals surface area contributed by atoms with Crippen molar-refractivity contribution in [2.45, 2.75) is 18.1 Å². The van der Waals surface area contributed by atoms with Crippen LogP contribution in [0.3, 0.4) is 0 Å². The molecule has 0 fully saturated rings. The van der Waals surface area contributed by atoms with Crippen LogP contribution in [0.2, 0.25) is 0 Å². The van der Waals surface area contributed by atoms with E-state index >= 15 is 0 Å². The summed E-state index contributed by atoms with van der Waals surface area (Å²) in [4.78, 5) is 18.3. The molecular formula is C23H22F2N10O2S. The third-order valence-corrected chi connectivity index (χ3v) is 6.60. The van der Waals surface area contributed by atoms with Crippen LogP contribution < -0.4 is 20.7 Å². The summed E-state index contributed by atoms with van der Waals surface area (Å²) >= 11 is 1.57. The number of amides is 1. The number of nitrogens with zero attached hydrogens (tertiary/aromatic N) is 6. The van der Waals surface area contributed by atoms with E-state index in [0.29, 0.717) is 23.6 Å². The van der Waals surface area contributed by atoms with Crippen LogP contribution in [0.15, 0.2) is 64.9 Å². The van der Waals surface area contributed by atoms with E-state index in [1.807, 2.05) is 0 Å². The zero-order valence-corrected chi connectivity index (χ0v) is 20.8. The van der Waals surface area contributed by atoms with Crippen molar-refractivity contribution in [2.75, 3.05) is 30.0 Å². The van der Waals surface area contributed by atoms with Gasteiger partial charge in [0.05, 0.1) is 29.8 Å². The van der Waals surface area contributed by atoms with Crippen LogP contribution in [0.4, 0.5) is 20.2 Å². The van der Waals surface area contributed by atoms with Gasteiger partial charge in [-0.15, -0.1) is 11.8 Å². The topological polar surface area (TPSA) is 147 Å². The van der Waals surface area contributed by atoms with Gasteiger partial charge in [-0.25, -0.2) is 15.0 Å². The Bertz CT molecular complexity index is 1530. The summed E-state index contributed by atoms with van der Waals surface area (Å²) in [6.07, 6.45) is 7.67. The minimum atomic E-state index is -3.07. The molecule has 4 aromatic rings. The second kappa shape index (κ2) is 10.8. The average Bonchev–Trinajstić information content (AvgIpc) is 3.51. The molecular weight excluding hydrogens is 518 g/mol. The Hall–Kier alpha value is -4.53. The Kier molecular flexibility index (Phi) is 7.17. The van der Waals surface area contributed by atoms with E-state index in [1.165, 1.54) is 33.9 Å². The van der Waals surface area contributed by atoms with Crippen molar-refractivity contribution < 1.29 is 18.3 Å². The standard InChI is InChI=1S/C23H22F2N10O2S/c1-27-9-13(32-26)11-34-12-17(31-22(36)15-10-30-35-5-2-3-29-21(15)35)20(33-34)14-7-19-16(28-4-6-38-19)8-18(14)37-23(24)25/h2-3,5,7-10,12,23,26-28H,4,6,11H2,1H3,(H,31,36)/b13-9-,32-26?. The predicted octanol–water partition coefficient (Wildman–Crippen LogP) is 4.06. The van der Waals surface area contributed by atoms with Gasteiger partial charge in [0.15, 0.2) is 5.65 Å². The number of halogens is 2. The van der Waals surface area contributed by atoms with Gasteiger partial charge < -0.3 is 20.7 Å². The lowest BCUT2D eigenvalue weighted by Gasteiger charge is -2.20. The van der Waals surface area contributed by atoms with Crippen LogP contribution in [-0.4, -0.2) is 56.2 Å². The quantitative estimate of drug-likeness (QED) is 0.233. The number of thioether (sulfide) groups is 1. The number of carbonyl (C=O) groups excluding carboxylic acids is 1. The monoisotopic (exact) mass is 540 g/mol. The molecule has 0 saturated carbocycles. The third-order valence-electron chi connectivity index (χ3n) is 5.54. The zero-order chi connectivity index (χ0) is 26.6. The van der Waals surface area contributed by atoms with Crippen molar-refractivity contribution in [1.29, 1.82) is 5.53 Å². The SMILES string of the molecule is CN/C=C(/Cn1cc(NC(=O)c2cnn3cccnc23)c(-c2cc3c(cc2OC(F)F)NCCS3)n1)N=N. The van der Waals surface area contributed by atoms with Gasteiger partial charge in [0.2, 0.25) is 0 Å². The molecule has 12 nitrogen and oxygen atoms in total. The summed E-state index contributed by atoms with van der Waals surface area (Å²) < 4.78 is 34.6. The minimum absolute atomic E-state index is 0.0811. The molecule has 15 heteroatoms. The van der Waals surface area contributed by atoms with Crippen LogP contribution in [0.25, 0.3) is 16.9 Å². The lowest BCUT2D eigenvalue weighted by molar-refractivity contribution is -0.0494. The molecule has 4 N–H and O–H groups in total. The third kappa shape index (κ3) is 5.13. The van der Waals surface area contributed by atoms with E-state index in [2.05, 4.69) is 36.2 Å². The van der Waals surface area contributed by atoms with Crippen molar-refractivity contribution >= 4 is 34.7 Å². The zero-order valence-electron chi connectivity index (χ0n) is 20.0. The molecule has 3 aromatic heterocycles. The van der Waals surface area contributed by atoms with Gasteiger partial charge in [-0.1, -0.05) is 0 Å². The number of hydrogen-bond acceptors (Lipinski definition) is 10. The van der Waals surface area contributed by atoms with Crippen molar-refractivity contribution in [2.24, 2.45) is 5.11 Å². The Balaban J connectivity index is 1.60. The number of ether oxygens (including phenoxy) is 1. The number of anilines is 2. The van der Waals surface area contributed by atoms with Gasteiger partial charge >= 0.3 is 6.61 Å². The molecule has 1 aromatic carbocycles. The van der Waals surface area contributed by atoms with Crippen molar-refractivity contribution in [3.8, 4) is 17.0 Å². The molecule has 38 heavy (non-hydrogen) atoms. The Morgan fingerprint density at radius 1 is 1.42 bits per heavy atom. The maximum absolute atomic E-state index is 13.4. The molecule has 0 unspecified atom stereocenters. The van der Waals surface area contributed by atoms with Crippen LogP contribution in [0, 0.1) is 5.53 Å². The first kappa shape index (κ1) is 25.1. The number of fused-ring (bicyclic) bond motifs is 2. The first-order valence-electron chi connectivity index (χ1n) is 11.4. The number of benzene rings is 1. The highest BCUT2D eigenvalue weighted by molar-refractivity contribution is 7.99. The lowest BCUT2D eigenvalue weighted by atomic mass is 10.1. The second-order valence-corrected chi connectivity index (χ2v) is 9.16. The average molecular weight is 541 g/mol. The summed E-state index contributed by atoms with van der Waals surface area (Å²) in [5.74, 6) is 0.189. The number of nitrogens with one attached hydrogen (secondary N) is 4.